The zero-order chi connectivity index (χ0) is 19.7. The quantitative estimate of drug-likeness (QED) is 0.678. The van der Waals surface area contributed by atoms with Gasteiger partial charge in [-0.05, 0) is 60.7 Å². The topological polar surface area (TPSA) is 71.3 Å². The van der Waals surface area contributed by atoms with Gasteiger partial charge in [-0.25, -0.2) is 0 Å². The van der Waals surface area contributed by atoms with Crippen LogP contribution in [0.15, 0.2) is 47.1 Å². The van der Waals surface area contributed by atoms with Crippen LogP contribution in [0, 0.1) is 5.92 Å². The fourth-order valence-electron chi connectivity index (χ4n) is 3.62. The molecule has 5 heteroatoms. The Bertz CT molecular complexity index is 1050. The maximum Gasteiger partial charge on any atom is 0.228 e. The Morgan fingerprint density at radius 3 is 2.50 bits per heavy atom. The van der Waals surface area contributed by atoms with Gasteiger partial charge in [0.2, 0.25) is 11.8 Å². The number of anilines is 2. The molecule has 1 aliphatic carbocycles. The summed E-state index contributed by atoms with van der Waals surface area (Å²) in [6.45, 7) is 3.68. The van der Waals surface area contributed by atoms with Crippen molar-refractivity contribution in [2.24, 2.45) is 5.92 Å². The van der Waals surface area contributed by atoms with Crippen molar-refractivity contribution < 1.29 is 14.0 Å². The Hall–Kier alpha value is -3.08. The van der Waals surface area contributed by atoms with Crippen molar-refractivity contribution in [3.05, 3.63) is 59.4 Å². The number of hydrogen-bond acceptors (Lipinski definition) is 3. The maximum atomic E-state index is 12.6. The van der Waals surface area contributed by atoms with Crippen molar-refractivity contribution in [1.29, 1.82) is 0 Å². The van der Waals surface area contributed by atoms with Gasteiger partial charge in [-0.3, -0.25) is 9.59 Å². The fraction of sp³-hybridized carbons (Fsp3) is 0.304. The van der Waals surface area contributed by atoms with E-state index in [2.05, 4.69) is 22.8 Å². The van der Waals surface area contributed by atoms with Crippen molar-refractivity contribution in [2.75, 3.05) is 10.6 Å². The van der Waals surface area contributed by atoms with Crippen LogP contribution in [0.5, 0.6) is 0 Å². The third-order valence-corrected chi connectivity index (χ3v) is 5.16. The van der Waals surface area contributed by atoms with Gasteiger partial charge >= 0.3 is 0 Å². The molecule has 2 aromatic carbocycles. The van der Waals surface area contributed by atoms with Crippen LogP contribution >= 0.6 is 0 Å². The number of fused-ring (bicyclic) bond motifs is 2. The molecule has 0 bridgehead atoms. The van der Waals surface area contributed by atoms with Crippen LogP contribution in [0.4, 0.5) is 11.4 Å². The molecule has 5 nitrogen and oxygen atoms in total. The number of hydrogen-bond donors (Lipinski definition) is 2. The van der Waals surface area contributed by atoms with Gasteiger partial charge in [-0.15, -0.1) is 0 Å². The van der Waals surface area contributed by atoms with Crippen molar-refractivity contribution in [1.82, 2.24) is 0 Å². The Kier molecular flexibility index (Phi) is 4.90. The van der Waals surface area contributed by atoms with E-state index in [0.29, 0.717) is 11.4 Å². The number of carbonyl (C=O) groups excluding carboxylic acids is 2. The highest BCUT2D eigenvalue weighted by molar-refractivity contribution is 5.97. The van der Waals surface area contributed by atoms with Crippen LogP contribution in [0.3, 0.4) is 0 Å². The summed E-state index contributed by atoms with van der Waals surface area (Å²) in [7, 11) is 0. The van der Waals surface area contributed by atoms with E-state index >= 15 is 0 Å². The van der Waals surface area contributed by atoms with Gasteiger partial charge in [0, 0.05) is 28.2 Å². The first-order valence-corrected chi connectivity index (χ1v) is 9.72. The number of furan rings is 1. The molecule has 0 fully saturated rings. The van der Waals surface area contributed by atoms with Gasteiger partial charge in [0.15, 0.2) is 0 Å². The molecule has 0 spiro atoms. The van der Waals surface area contributed by atoms with Crippen LogP contribution in [-0.4, -0.2) is 11.8 Å². The van der Waals surface area contributed by atoms with E-state index < -0.39 is 0 Å². The summed E-state index contributed by atoms with van der Waals surface area (Å²) >= 11 is 0. The number of rotatable bonds is 5. The summed E-state index contributed by atoms with van der Waals surface area (Å²) in [4.78, 5) is 24.4. The smallest absolute Gasteiger partial charge is 0.228 e. The Balaban J connectivity index is 1.46. The maximum absolute atomic E-state index is 12.6. The Labute approximate surface area is 164 Å². The molecule has 0 saturated heterocycles. The molecule has 0 radical (unpaired) electrons. The lowest BCUT2D eigenvalue weighted by Crippen LogP contribution is -2.18. The average Bonchev–Trinajstić information content (AvgIpc) is 3.26. The molecule has 3 aromatic rings. The molecule has 1 aliphatic rings. The minimum atomic E-state index is -0.115. The lowest BCUT2D eigenvalue weighted by Gasteiger charge is -2.10. The third-order valence-electron chi connectivity index (χ3n) is 5.16. The molecule has 0 atom stereocenters. The van der Waals surface area contributed by atoms with E-state index in [1.54, 1.807) is 18.4 Å². The summed E-state index contributed by atoms with van der Waals surface area (Å²) in [6, 6.07) is 11.5. The minimum Gasteiger partial charge on any atom is -0.464 e. The van der Waals surface area contributed by atoms with Gasteiger partial charge in [-0.2, -0.15) is 0 Å². The lowest BCUT2D eigenvalue weighted by atomic mass is 10.0. The second-order valence-corrected chi connectivity index (χ2v) is 7.68. The van der Waals surface area contributed by atoms with E-state index in [-0.39, 0.29) is 24.2 Å². The van der Waals surface area contributed by atoms with Crippen LogP contribution < -0.4 is 10.6 Å². The molecule has 1 aromatic heterocycles. The normalized spacial score (nSPS) is 13.0. The zero-order valence-corrected chi connectivity index (χ0v) is 16.2. The van der Waals surface area contributed by atoms with Crippen LogP contribution in [0.2, 0.25) is 0 Å². The van der Waals surface area contributed by atoms with E-state index in [0.717, 1.165) is 29.4 Å². The van der Waals surface area contributed by atoms with Gasteiger partial charge in [0.05, 0.1) is 12.7 Å². The highest BCUT2D eigenvalue weighted by Gasteiger charge is 2.17. The largest absolute Gasteiger partial charge is 0.464 e. The molecule has 0 saturated carbocycles. The van der Waals surface area contributed by atoms with Crippen LogP contribution in [0.1, 0.15) is 37.0 Å². The first-order valence-electron chi connectivity index (χ1n) is 9.72. The molecule has 0 aliphatic heterocycles. The summed E-state index contributed by atoms with van der Waals surface area (Å²) in [5.41, 5.74) is 5.79. The van der Waals surface area contributed by atoms with Crippen molar-refractivity contribution in [3.8, 4) is 0 Å². The molecule has 2 amide bonds. The number of amides is 2. The van der Waals surface area contributed by atoms with Gasteiger partial charge in [-0.1, -0.05) is 19.9 Å². The summed E-state index contributed by atoms with van der Waals surface area (Å²) in [5.74, 6) is -0.273. The highest BCUT2D eigenvalue weighted by Crippen LogP contribution is 2.30. The van der Waals surface area contributed by atoms with Crippen molar-refractivity contribution in [2.45, 2.75) is 39.5 Å². The predicted molar refractivity (Wildman–Crippen MR) is 110 cm³/mol. The standard InChI is InChI=1S/C23H24N2O3/c1-14(2)23(27)25-19-8-4-7-18(12-19)24-22(26)11-17-13-28-21-10-16-6-3-5-15(16)9-20(17)21/h4,7-10,12-14H,3,5-6,11H2,1-2H3,(H,24,26)(H,25,27). The molecular formula is C23H24N2O3. The van der Waals surface area contributed by atoms with Crippen molar-refractivity contribution in [3.63, 3.8) is 0 Å². The second kappa shape index (κ2) is 7.50. The number of nitrogens with one attached hydrogen (secondary N) is 2. The van der Waals surface area contributed by atoms with Gasteiger partial charge in [0.1, 0.15) is 5.58 Å². The summed E-state index contributed by atoms with van der Waals surface area (Å²) in [6.07, 6.45) is 5.30. The van der Waals surface area contributed by atoms with E-state index in [1.165, 1.54) is 17.5 Å². The summed E-state index contributed by atoms with van der Waals surface area (Å²) in [5, 5.41) is 6.77. The van der Waals surface area contributed by atoms with Crippen LogP contribution in [0.25, 0.3) is 11.0 Å². The molecule has 28 heavy (non-hydrogen) atoms. The molecule has 0 unspecified atom stereocenters. The SMILES string of the molecule is CC(C)C(=O)Nc1cccc(NC(=O)Cc2coc3cc4c(cc23)CCC4)c1. The number of carbonyl (C=O) groups is 2. The molecule has 1 heterocycles. The molecule has 4 rings (SSSR count). The lowest BCUT2D eigenvalue weighted by molar-refractivity contribution is -0.119. The first-order chi connectivity index (χ1) is 13.5. The van der Waals surface area contributed by atoms with E-state index in [9.17, 15) is 9.59 Å². The van der Waals surface area contributed by atoms with Gasteiger partial charge in [0.25, 0.3) is 0 Å². The Morgan fingerprint density at radius 2 is 1.75 bits per heavy atom. The molecule has 144 valence electrons. The van der Waals surface area contributed by atoms with E-state index in [1.807, 2.05) is 26.0 Å². The van der Waals surface area contributed by atoms with Crippen LogP contribution in [-0.2, 0) is 28.9 Å². The number of benzene rings is 2. The zero-order valence-electron chi connectivity index (χ0n) is 16.2. The summed E-state index contributed by atoms with van der Waals surface area (Å²) < 4.78 is 5.68. The highest BCUT2D eigenvalue weighted by atomic mass is 16.3. The first kappa shape index (κ1) is 18.3. The third kappa shape index (κ3) is 3.79. The minimum absolute atomic E-state index is 0.0547. The molecule has 2 N–H and O–H groups in total. The monoisotopic (exact) mass is 376 g/mol. The fourth-order valence-corrected chi connectivity index (χ4v) is 3.62. The molecular weight excluding hydrogens is 352 g/mol. The van der Waals surface area contributed by atoms with E-state index in [4.69, 9.17) is 4.42 Å². The van der Waals surface area contributed by atoms with Crippen molar-refractivity contribution >= 4 is 34.2 Å². The average molecular weight is 376 g/mol. The van der Waals surface area contributed by atoms with Gasteiger partial charge < -0.3 is 15.1 Å². The number of aryl methyl sites for hydroxylation is 2. The predicted octanol–water partition coefficient (Wildman–Crippen LogP) is 4.70. The Morgan fingerprint density at radius 1 is 1.04 bits per heavy atom. The second-order valence-electron chi connectivity index (χ2n) is 7.68.